The molecule has 0 radical (unpaired) electrons. The molecule has 8 heteroatoms. The second-order valence-corrected chi connectivity index (χ2v) is 1.22. The van der Waals surface area contributed by atoms with Gasteiger partial charge in [-0.3, -0.25) is 8.42 Å². The molecule has 0 aromatic rings. The van der Waals surface area contributed by atoms with E-state index in [4.69, 9.17) is 17.5 Å². The molecule has 0 rings (SSSR count). The van der Waals surface area contributed by atoms with Crippen molar-refractivity contribution >= 4 is 33.5 Å². The summed E-state index contributed by atoms with van der Waals surface area (Å²) in [7, 11) is -5.17. The molecule has 0 saturated carbocycles. The van der Waals surface area contributed by atoms with Crippen LogP contribution in [-0.4, -0.2) is 40.6 Å². The van der Waals surface area contributed by atoms with E-state index in [9.17, 15) is 0 Å². The van der Waals surface area contributed by atoms with Crippen LogP contribution in [0.15, 0.2) is 0 Å². The molecule has 46 valence electrons. The van der Waals surface area contributed by atoms with Crippen LogP contribution in [0.1, 0.15) is 0 Å². The van der Waals surface area contributed by atoms with Gasteiger partial charge in [-0.1, -0.05) is 0 Å². The monoisotopic (exact) mass is 193 g/mol. The van der Waals surface area contributed by atoms with Gasteiger partial charge in [0.05, 0.1) is 0 Å². The number of rotatable bonds is 0. The van der Waals surface area contributed by atoms with Crippen molar-refractivity contribution in [3.63, 3.8) is 0 Å². The first-order chi connectivity index (χ1) is 2.00. The van der Waals surface area contributed by atoms with Crippen LogP contribution >= 0.6 is 0 Å². The summed E-state index contributed by atoms with van der Waals surface area (Å²) in [4.78, 5) is 0. The van der Waals surface area contributed by atoms with Crippen molar-refractivity contribution in [3.8, 4) is 0 Å². The van der Waals surface area contributed by atoms with E-state index in [0.29, 0.717) is 0 Å². The van der Waals surface area contributed by atoms with Gasteiger partial charge in [0.15, 0.2) is 0 Å². The molecule has 0 fully saturated rings. The molecule has 0 aliphatic carbocycles. The van der Waals surface area contributed by atoms with Crippen LogP contribution in [-0.2, 0) is 27.5 Å². The number of hydrogen-bond acceptors (Lipinski definition) is 5. The zero-order valence-corrected chi connectivity index (χ0v) is 7.14. The van der Waals surface area contributed by atoms with Crippen molar-refractivity contribution in [2.24, 2.45) is 0 Å². The van der Waals surface area contributed by atoms with Gasteiger partial charge < -0.3 is 15.3 Å². The minimum absolute atomic E-state index is 0. The van der Waals surface area contributed by atoms with Crippen LogP contribution in [0.5, 0.6) is 0 Å². The van der Waals surface area contributed by atoms with E-state index in [-0.39, 0.29) is 46.3 Å². The molecule has 0 heterocycles. The minimum Gasteiger partial charge on any atom is -0.759 e. The maximum Gasteiger partial charge on any atom is 2.00 e. The molecule has 0 aromatic carbocycles. The van der Waals surface area contributed by atoms with Crippen molar-refractivity contribution in [1.29, 1.82) is 0 Å². The van der Waals surface area contributed by atoms with Gasteiger partial charge in [-0.15, -0.1) is 0 Å². The van der Waals surface area contributed by atoms with E-state index in [0.717, 1.165) is 0 Å². The predicted molar refractivity (Wildman–Crippen MR) is 21.3 cm³/mol. The van der Waals surface area contributed by atoms with Gasteiger partial charge in [0.1, 0.15) is 0 Å². The van der Waals surface area contributed by atoms with Gasteiger partial charge in [0.25, 0.3) is 0 Å². The van der Waals surface area contributed by atoms with Gasteiger partial charge in [0, 0.05) is 10.4 Å². The van der Waals surface area contributed by atoms with E-state index >= 15 is 0 Å². The zero-order chi connectivity index (χ0) is 4.50. The normalized spacial score (nSPS) is 7.25. The molecule has 0 aliphatic rings. The predicted octanol–water partition coefficient (Wildman–Crippen LogP) is -1.56. The summed E-state index contributed by atoms with van der Waals surface area (Å²) in [6.45, 7) is 0. The van der Waals surface area contributed by atoms with Crippen molar-refractivity contribution in [2.75, 3.05) is 0 Å². The van der Waals surface area contributed by atoms with Gasteiger partial charge in [0.2, 0.25) is 0 Å². The van der Waals surface area contributed by atoms with Crippen LogP contribution in [0.2, 0.25) is 0 Å². The smallest absolute Gasteiger partial charge is 0.759 e. The average molecular weight is 193 g/mol. The molecule has 3 N–H and O–H groups in total. The Hall–Kier alpha value is 1.12. The number of hydrogen-bond donors (Lipinski definition) is 1. The van der Waals surface area contributed by atoms with Gasteiger partial charge in [-0.2, -0.15) is 0 Å². The van der Waals surface area contributed by atoms with E-state index < -0.39 is 10.4 Å². The van der Waals surface area contributed by atoms with Gasteiger partial charge in [-0.25, -0.2) is 0 Å². The molecular weight excluding hydrogens is 190 g/mol. The third-order valence-corrected chi connectivity index (χ3v) is 0. The van der Waals surface area contributed by atoms with E-state index in [1.165, 1.54) is 0 Å². The Labute approximate surface area is 74.0 Å². The van der Waals surface area contributed by atoms with Crippen LogP contribution in [0, 0.1) is 0 Å². The first kappa shape index (κ1) is 22.9. The molecule has 0 aliphatic heterocycles. The largest absolute Gasteiger partial charge is 2.00 e. The molecule has 8 heavy (non-hydrogen) atoms. The van der Waals surface area contributed by atoms with Gasteiger partial charge in [-0.05, 0) is 0 Å². The summed E-state index contributed by atoms with van der Waals surface area (Å²) in [5.41, 5.74) is 0. The fraction of sp³-hybridized carbons (Fsp3) is 0. The van der Waals surface area contributed by atoms with Crippen LogP contribution < -0.4 is 6.15 Å². The maximum absolute atomic E-state index is 8.52. The van der Waals surface area contributed by atoms with E-state index in [1.807, 2.05) is 0 Å². The summed E-state index contributed by atoms with van der Waals surface area (Å²) in [5.74, 6) is 0. The third-order valence-electron chi connectivity index (χ3n) is 0. The second kappa shape index (κ2) is 8.12. The van der Waals surface area contributed by atoms with Gasteiger partial charge >= 0.3 is 40.1 Å². The third kappa shape index (κ3) is 214. The molecule has 0 unspecified atom stereocenters. The molecule has 5 nitrogen and oxygen atoms in total. The molecule has 0 spiro atoms. The van der Waals surface area contributed by atoms with Crippen LogP contribution in [0.4, 0.5) is 0 Å². The molecule has 0 bridgehead atoms. The molecule has 0 aromatic heterocycles. The fourth-order valence-corrected chi connectivity index (χ4v) is 0. The SMILES string of the molecule is N.O=S(=O)([O-])[O-].[Fe+2].[Mg+2]. The summed E-state index contributed by atoms with van der Waals surface area (Å²) in [5, 5.41) is 0. The summed E-state index contributed by atoms with van der Waals surface area (Å²) < 4.78 is 34.1. The summed E-state index contributed by atoms with van der Waals surface area (Å²) in [6, 6.07) is 0. The van der Waals surface area contributed by atoms with Crippen LogP contribution in [0.3, 0.4) is 0 Å². The summed E-state index contributed by atoms with van der Waals surface area (Å²) >= 11 is 0. The molecule has 0 saturated heterocycles. The molecular formula is H3FeMgNO4S+2. The maximum atomic E-state index is 8.52. The van der Waals surface area contributed by atoms with Crippen molar-refractivity contribution in [3.05, 3.63) is 0 Å². The Kier molecular flexibility index (Phi) is 23.3. The van der Waals surface area contributed by atoms with E-state index in [1.54, 1.807) is 0 Å². The van der Waals surface area contributed by atoms with E-state index in [2.05, 4.69) is 0 Å². The first-order valence-electron chi connectivity index (χ1n) is 0.667. The minimum atomic E-state index is -5.17. The Morgan fingerprint density at radius 2 is 1.12 bits per heavy atom. The Balaban J connectivity index is -0.0000000267. The Bertz CT molecular complexity index is 99.2. The fourth-order valence-electron chi connectivity index (χ4n) is 0. The van der Waals surface area contributed by atoms with Crippen molar-refractivity contribution in [2.45, 2.75) is 0 Å². The molecule has 0 amide bonds. The standard InChI is InChI=1S/Fe.Mg.H3N.H2O4S/c;;;1-5(2,3)4/h;;1H3;(H2,1,2,3,4)/q2*+2;;/p-2. The van der Waals surface area contributed by atoms with Crippen LogP contribution in [0.25, 0.3) is 0 Å². The van der Waals surface area contributed by atoms with Crippen molar-refractivity contribution < 1.29 is 34.6 Å². The topological polar surface area (TPSA) is 115 Å². The second-order valence-electron chi connectivity index (χ2n) is 0.408. The Morgan fingerprint density at radius 3 is 1.12 bits per heavy atom. The average Bonchev–Trinajstić information content (AvgIpc) is 0.722. The zero-order valence-electron chi connectivity index (χ0n) is 3.81. The Morgan fingerprint density at radius 1 is 1.12 bits per heavy atom. The van der Waals surface area contributed by atoms with Crippen molar-refractivity contribution in [1.82, 2.24) is 6.15 Å². The molecule has 0 atom stereocenters. The summed E-state index contributed by atoms with van der Waals surface area (Å²) in [6.07, 6.45) is 0. The quantitative estimate of drug-likeness (QED) is 0.284. The first-order valence-corrected chi connectivity index (χ1v) is 2.00.